The Morgan fingerprint density at radius 3 is 2.36 bits per heavy atom. The molecule has 176 valence electrons. The molecule has 8 nitrogen and oxygen atoms in total. The lowest BCUT2D eigenvalue weighted by atomic mass is 10.0. The van der Waals surface area contributed by atoms with Crippen LogP contribution in [0.25, 0.3) is 0 Å². The Labute approximate surface area is 193 Å². The summed E-state index contributed by atoms with van der Waals surface area (Å²) in [5.74, 6) is -2.57. The van der Waals surface area contributed by atoms with E-state index in [1.165, 1.54) is 0 Å². The summed E-state index contributed by atoms with van der Waals surface area (Å²) in [5.41, 5.74) is 2.04. The van der Waals surface area contributed by atoms with Crippen molar-refractivity contribution in [1.29, 1.82) is 0 Å². The highest BCUT2D eigenvalue weighted by molar-refractivity contribution is 5.85. The van der Waals surface area contributed by atoms with E-state index in [1.807, 2.05) is 60.7 Å². The third kappa shape index (κ3) is 6.63. The van der Waals surface area contributed by atoms with Gasteiger partial charge in [-0.05, 0) is 37.5 Å². The minimum absolute atomic E-state index is 0.442. The number of aldehydes is 1. The Morgan fingerprint density at radius 1 is 1.12 bits per heavy atom. The molecule has 1 heterocycles. The fourth-order valence-electron chi connectivity index (χ4n) is 4.02. The Hall–Kier alpha value is -3.23. The first-order valence-corrected chi connectivity index (χ1v) is 11.2. The van der Waals surface area contributed by atoms with Gasteiger partial charge < -0.3 is 24.9 Å². The number of carboxylic acid groups (broad SMARTS) is 1. The molecule has 0 saturated carbocycles. The van der Waals surface area contributed by atoms with Gasteiger partial charge in [0.05, 0.1) is 25.1 Å². The van der Waals surface area contributed by atoms with Crippen molar-refractivity contribution in [3.63, 3.8) is 0 Å². The molecular formula is C25H31N3O5. The van der Waals surface area contributed by atoms with E-state index in [4.69, 9.17) is 9.84 Å². The van der Waals surface area contributed by atoms with Crippen molar-refractivity contribution in [2.45, 2.75) is 57.1 Å². The predicted octanol–water partition coefficient (Wildman–Crippen LogP) is 2.68. The molecule has 0 radical (unpaired) electrons. The average molecular weight is 454 g/mol. The molecule has 2 aromatic rings. The standard InChI is InChI=1S/C25H31N3O5/c1-19(24(32)26-21(18-29)16-23(30)31)27-25(14-8-9-15-33-25)28(22-12-6-3-7-13-22)17-20-10-4-2-5-11-20/h2-7,10-13,18-19,21,27H,8-9,14-17H2,1H3,(H,26,32)(H,30,31)/t19-,21-,25?/m0/s1. The molecule has 3 N–H and O–H groups in total. The van der Waals surface area contributed by atoms with E-state index < -0.39 is 36.2 Å². The van der Waals surface area contributed by atoms with Crippen LogP contribution in [0.15, 0.2) is 60.7 Å². The van der Waals surface area contributed by atoms with Gasteiger partial charge in [0.15, 0.2) is 5.85 Å². The number of anilines is 1. The molecule has 0 bridgehead atoms. The number of para-hydroxylation sites is 1. The van der Waals surface area contributed by atoms with Crippen LogP contribution in [0.5, 0.6) is 0 Å². The van der Waals surface area contributed by atoms with Gasteiger partial charge in [0.25, 0.3) is 0 Å². The molecule has 1 unspecified atom stereocenters. The number of carbonyl (C=O) groups excluding carboxylic acids is 2. The van der Waals surface area contributed by atoms with Crippen LogP contribution >= 0.6 is 0 Å². The van der Waals surface area contributed by atoms with Gasteiger partial charge >= 0.3 is 5.97 Å². The van der Waals surface area contributed by atoms with E-state index in [2.05, 4.69) is 15.5 Å². The quantitative estimate of drug-likeness (QED) is 0.355. The first kappa shape index (κ1) is 24.4. The summed E-state index contributed by atoms with van der Waals surface area (Å²) >= 11 is 0. The maximum atomic E-state index is 12.8. The number of carbonyl (C=O) groups is 3. The van der Waals surface area contributed by atoms with E-state index in [-0.39, 0.29) is 0 Å². The number of nitrogens with one attached hydrogen (secondary N) is 2. The smallest absolute Gasteiger partial charge is 0.305 e. The lowest BCUT2D eigenvalue weighted by Crippen LogP contribution is -2.66. The molecule has 1 fully saturated rings. The van der Waals surface area contributed by atoms with Gasteiger partial charge in [-0.3, -0.25) is 14.9 Å². The Balaban J connectivity index is 1.87. The number of carboxylic acids is 1. The van der Waals surface area contributed by atoms with Gasteiger partial charge in [0.1, 0.15) is 6.29 Å². The summed E-state index contributed by atoms with van der Waals surface area (Å²) in [6, 6.07) is 18.1. The molecule has 1 saturated heterocycles. The largest absolute Gasteiger partial charge is 0.481 e. The van der Waals surface area contributed by atoms with Crippen molar-refractivity contribution in [2.24, 2.45) is 0 Å². The summed E-state index contributed by atoms with van der Waals surface area (Å²) < 4.78 is 6.34. The maximum Gasteiger partial charge on any atom is 0.305 e. The van der Waals surface area contributed by atoms with Gasteiger partial charge in [0, 0.05) is 18.7 Å². The van der Waals surface area contributed by atoms with Crippen LogP contribution < -0.4 is 15.5 Å². The number of rotatable bonds is 11. The number of amides is 1. The first-order valence-electron chi connectivity index (χ1n) is 11.2. The molecule has 8 heteroatoms. The van der Waals surface area contributed by atoms with E-state index >= 15 is 0 Å². The zero-order chi connectivity index (χ0) is 23.7. The van der Waals surface area contributed by atoms with Gasteiger partial charge in [0.2, 0.25) is 5.91 Å². The maximum absolute atomic E-state index is 12.8. The van der Waals surface area contributed by atoms with Gasteiger partial charge in [-0.15, -0.1) is 0 Å². The molecule has 33 heavy (non-hydrogen) atoms. The second kappa shape index (κ2) is 11.6. The highest BCUT2D eigenvalue weighted by Crippen LogP contribution is 2.33. The molecule has 0 aliphatic carbocycles. The number of benzene rings is 2. The highest BCUT2D eigenvalue weighted by Gasteiger charge is 2.42. The number of ether oxygens (including phenoxy) is 1. The molecule has 1 amide bonds. The fourth-order valence-corrected chi connectivity index (χ4v) is 4.02. The van der Waals surface area contributed by atoms with Crippen LogP contribution in [0.4, 0.5) is 5.69 Å². The summed E-state index contributed by atoms with van der Waals surface area (Å²) in [6.07, 6.45) is 2.46. The molecule has 3 atom stereocenters. The van der Waals surface area contributed by atoms with Gasteiger partial charge in [-0.1, -0.05) is 48.5 Å². The van der Waals surface area contributed by atoms with E-state index in [0.717, 1.165) is 24.1 Å². The topological polar surface area (TPSA) is 108 Å². The second-order valence-corrected chi connectivity index (χ2v) is 8.21. The van der Waals surface area contributed by atoms with Crippen molar-refractivity contribution >= 4 is 23.9 Å². The van der Waals surface area contributed by atoms with Crippen molar-refractivity contribution in [3.05, 3.63) is 66.2 Å². The van der Waals surface area contributed by atoms with E-state index in [0.29, 0.717) is 25.9 Å². The van der Waals surface area contributed by atoms with E-state index in [9.17, 15) is 14.4 Å². The summed E-state index contributed by atoms with van der Waals surface area (Å²) in [6.45, 7) is 2.78. The fraction of sp³-hybridized carbons (Fsp3) is 0.400. The lowest BCUT2D eigenvalue weighted by Gasteiger charge is -2.48. The number of nitrogens with zero attached hydrogens (tertiary/aromatic N) is 1. The first-order chi connectivity index (χ1) is 15.9. The van der Waals surface area contributed by atoms with Crippen LogP contribution in [0.3, 0.4) is 0 Å². The van der Waals surface area contributed by atoms with Gasteiger partial charge in [-0.2, -0.15) is 0 Å². The van der Waals surface area contributed by atoms with Crippen molar-refractivity contribution in [1.82, 2.24) is 10.6 Å². The Bertz CT molecular complexity index is 916. The van der Waals surface area contributed by atoms with Crippen LogP contribution in [0.1, 0.15) is 38.2 Å². The average Bonchev–Trinajstić information content (AvgIpc) is 2.83. The number of hydrogen-bond acceptors (Lipinski definition) is 6. The third-order valence-corrected chi connectivity index (χ3v) is 5.66. The summed E-state index contributed by atoms with van der Waals surface area (Å²) in [7, 11) is 0. The number of hydrogen-bond donors (Lipinski definition) is 3. The van der Waals surface area contributed by atoms with Gasteiger partial charge in [-0.25, -0.2) is 0 Å². The molecule has 0 aromatic heterocycles. The number of aliphatic carboxylic acids is 1. The third-order valence-electron chi connectivity index (χ3n) is 5.66. The molecule has 3 rings (SSSR count). The predicted molar refractivity (Wildman–Crippen MR) is 124 cm³/mol. The summed E-state index contributed by atoms with van der Waals surface area (Å²) in [4.78, 5) is 37.1. The van der Waals surface area contributed by atoms with Crippen LogP contribution in [0, 0.1) is 0 Å². The highest BCUT2D eigenvalue weighted by atomic mass is 16.5. The lowest BCUT2D eigenvalue weighted by molar-refractivity contribution is -0.140. The Kier molecular flexibility index (Phi) is 8.57. The Morgan fingerprint density at radius 2 is 1.79 bits per heavy atom. The molecule has 1 aliphatic heterocycles. The zero-order valence-electron chi connectivity index (χ0n) is 18.8. The van der Waals surface area contributed by atoms with Crippen LogP contribution in [-0.4, -0.2) is 47.8 Å². The molecule has 2 aromatic carbocycles. The molecule has 0 spiro atoms. The van der Waals surface area contributed by atoms with Crippen molar-refractivity contribution in [2.75, 3.05) is 11.5 Å². The molecular weight excluding hydrogens is 422 g/mol. The molecule has 1 aliphatic rings. The summed E-state index contributed by atoms with van der Waals surface area (Å²) in [5, 5.41) is 14.8. The zero-order valence-corrected chi connectivity index (χ0v) is 18.8. The van der Waals surface area contributed by atoms with E-state index in [1.54, 1.807) is 6.92 Å². The van der Waals surface area contributed by atoms with Crippen molar-refractivity contribution in [3.8, 4) is 0 Å². The normalized spacial score (nSPS) is 19.8. The minimum Gasteiger partial charge on any atom is -0.481 e. The van der Waals surface area contributed by atoms with Crippen LogP contribution in [-0.2, 0) is 25.7 Å². The van der Waals surface area contributed by atoms with Crippen LogP contribution in [0.2, 0.25) is 0 Å². The second-order valence-electron chi connectivity index (χ2n) is 8.21. The van der Waals surface area contributed by atoms with Crippen molar-refractivity contribution < 1.29 is 24.2 Å². The SMILES string of the molecule is C[C@H](NC1(N(Cc2ccccc2)c2ccccc2)CCCCO1)C(=O)N[C@H](C=O)CC(=O)O. The minimum atomic E-state index is -1.15. The monoisotopic (exact) mass is 453 g/mol.